The van der Waals surface area contributed by atoms with E-state index in [1.54, 1.807) is 24.3 Å². The van der Waals surface area contributed by atoms with Gasteiger partial charge in [0.25, 0.3) is 0 Å². The summed E-state index contributed by atoms with van der Waals surface area (Å²) in [6.07, 6.45) is 9.37. The number of ketones is 1. The molecule has 0 fully saturated rings. The minimum Gasteiger partial charge on any atom is -0.481 e. The number of rotatable bonds is 12. The number of hydrogen-bond donors (Lipinski definition) is 1. The number of carbonyl (C=O) groups is 2. The van der Waals surface area contributed by atoms with Gasteiger partial charge in [0.2, 0.25) is 0 Å². The lowest BCUT2D eigenvalue weighted by Gasteiger charge is -2.10. The van der Waals surface area contributed by atoms with Crippen LogP contribution in [0.25, 0.3) is 11.0 Å². The second kappa shape index (κ2) is 11.0. The van der Waals surface area contributed by atoms with E-state index in [9.17, 15) is 14.9 Å². The van der Waals surface area contributed by atoms with E-state index >= 15 is 0 Å². The molecule has 3 aromatic heterocycles. The molecule has 168 valence electrons. The van der Waals surface area contributed by atoms with Gasteiger partial charge in [0.1, 0.15) is 11.7 Å². The summed E-state index contributed by atoms with van der Waals surface area (Å²) >= 11 is 1.69. The summed E-state index contributed by atoms with van der Waals surface area (Å²) in [6, 6.07) is 3.81. The number of nitriles is 1. The van der Waals surface area contributed by atoms with Crippen LogP contribution in [0.4, 0.5) is 0 Å². The molecule has 7 nitrogen and oxygen atoms in total. The van der Waals surface area contributed by atoms with Crippen LogP contribution in [0.2, 0.25) is 0 Å². The first kappa shape index (κ1) is 23.6. The summed E-state index contributed by atoms with van der Waals surface area (Å²) in [5.74, 6) is -1.25. The molecule has 32 heavy (non-hydrogen) atoms. The van der Waals surface area contributed by atoms with Gasteiger partial charge in [-0.3, -0.25) is 9.59 Å². The Hall–Kier alpha value is -3.05. The van der Waals surface area contributed by atoms with Gasteiger partial charge in [0, 0.05) is 54.3 Å². The van der Waals surface area contributed by atoms with E-state index in [4.69, 9.17) is 5.11 Å². The highest BCUT2D eigenvalue weighted by molar-refractivity contribution is 7.09. The molecule has 0 unspecified atom stereocenters. The molecule has 0 aliphatic carbocycles. The summed E-state index contributed by atoms with van der Waals surface area (Å²) < 4.78 is 1.95. The molecule has 0 bridgehead atoms. The van der Waals surface area contributed by atoms with Gasteiger partial charge in [0.15, 0.2) is 5.78 Å². The van der Waals surface area contributed by atoms with Crippen LogP contribution >= 0.6 is 11.3 Å². The van der Waals surface area contributed by atoms with Crippen molar-refractivity contribution in [1.82, 2.24) is 14.5 Å². The fourth-order valence-electron chi connectivity index (χ4n) is 4.11. The molecule has 3 aromatic rings. The van der Waals surface area contributed by atoms with Crippen molar-refractivity contribution in [3.05, 3.63) is 45.7 Å². The van der Waals surface area contributed by atoms with Crippen LogP contribution in [0.3, 0.4) is 0 Å². The van der Waals surface area contributed by atoms with Crippen molar-refractivity contribution in [2.75, 3.05) is 0 Å². The van der Waals surface area contributed by atoms with E-state index in [2.05, 4.69) is 16.0 Å². The molecule has 3 heterocycles. The fourth-order valence-corrected chi connectivity index (χ4v) is 4.77. The zero-order chi connectivity index (χ0) is 23.1. The number of aryl methyl sites for hydroxylation is 2. The highest BCUT2D eigenvalue weighted by atomic mass is 32.1. The Morgan fingerprint density at radius 3 is 2.59 bits per heavy atom. The maximum Gasteiger partial charge on any atom is 0.303 e. The minimum absolute atomic E-state index is 0.0490. The summed E-state index contributed by atoms with van der Waals surface area (Å²) in [7, 11) is 1.90. The first-order valence-electron chi connectivity index (χ1n) is 10.9. The third kappa shape index (κ3) is 5.80. The Morgan fingerprint density at radius 2 is 1.94 bits per heavy atom. The van der Waals surface area contributed by atoms with Gasteiger partial charge >= 0.3 is 5.97 Å². The van der Waals surface area contributed by atoms with Crippen LogP contribution in [-0.4, -0.2) is 31.4 Å². The predicted molar refractivity (Wildman–Crippen MR) is 124 cm³/mol. The lowest BCUT2D eigenvalue weighted by Crippen LogP contribution is -2.12. The number of aliphatic carboxylic acids is 1. The summed E-state index contributed by atoms with van der Waals surface area (Å²) in [4.78, 5) is 33.0. The molecular formula is C24H28N4O3S. The fraction of sp³-hybridized carbons (Fsp3) is 0.458. The van der Waals surface area contributed by atoms with Crippen molar-refractivity contribution in [3.8, 4) is 6.07 Å². The third-order valence-corrected chi connectivity index (χ3v) is 6.49. The van der Waals surface area contributed by atoms with Crippen molar-refractivity contribution in [2.45, 2.75) is 58.3 Å². The molecule has 1 atom stereocenters. The van der Waals surface area contributed by atoms with Gasteiger partial charge in [-0.05, 0) is 37.7 Å². The Labute approximate surface area is 191 Å². The molecule has 0 amide bonds. The Morgan fingerprint density at radius 1 is 1.19 bits per heavy atom. The number of thiazole rings is 1. The van der Waals surface area contributed by atoms with Crippen molar-refractivity contribution >= 4 is 34.1 Å². The largest absolute Gasteiger partial charge is 0.481 e. The summed E-state index contributed by atoms with van der Waals surface area (Å²) in [5, 5.41) is 22.2. The van der Waals surface area contributed by atoms with Crippen molar-refractivity contribution in [1.29, 1.82) is 5.26 Å². The molecule has 8 heteroatoms. The second-order valence-corrected chi connectivity index (χ2v) is 9.24. The van der Waals surface area contributed by atoms with Gasteiger partial charge in [-0.25, -0.2) is 9.97 Å². The average Bonchev–Trinajstić information content (AvgIpc) is 3.36. The van der Waals surface area contributed by atoms with Crippen molar-refractivity contribution < 1.29 is 14.7 Å². The van der Waals surface area contributed by atoms with E-state index in [-0.39, 0.29) is 24.5 Å². The molecule has 0 aliphatic heterocycles. The maximum absolute atomic E-state index is 13.2. The molecule has 3 rings (SSSR count). The Bertz CT molecular complexity index is 1130. The van der Waals surface area contributed by atoms with Crippen molar-refractivity contribution in [3.63, 3.8) is 0 Å². The number of nitrogens with zero attached hydrogens (tertiary/aromatic N) is 4. The zero-order valence-electron chi connectivity index (χ0n) is 18.5. The molecule has 0 aliphatic rings. The Kier molecular flexibility index (Phi) is 8.12. The average molecular weight is 453 g/mol. The monoisotopic (exact) mass is 452 g/mol. The standard InChI is InChI=1S/C24H28N4O3S/c1-16(12-22(30)31)11-20(29)23-18-13-17(14-25)15-27-24(18)28(2)19(23)7-5-3-4-6-8-21-26-9-10-32-21/h9-10,13,15-16H,3-8,11-12H2,1-2H3,(H,30,31)/t16-/m0/s1. The van der Waals surface area contributed by atoms with Crippen LogP contribution in [0.15, 0.2) is 23.8 Å². The molecule has 1 N–H and O–H groups in total. The highest BCUT2D eigenvalue weighted by Crippen LogP contribution is 2.29. The zero-order valence-corrected chi connectivity index (χ0v) is 19.3. The number of unbranched alkanes of at least 4 members (excludes halogenated alkanes) is 3. The van der Waals surface area contributed by atoms with E-state index in [1.807, 2.05) is 23.2 Å². The highest BCUT2D eigenvalue weighted by Gasteiger charge is 2.24. The quantitative estimate of drug-likeness (QED) is 0.308. The van der Waals surface area contributed by atoms with E-state index < -0.39 is 5.97 Å². The first-order valence-corrected chi connectivity index (χ1v) is 11.8. The normalized spacial score (nSPS) is 12.0. The number of pyridine rings is 1. The molecule has 0 spiro atoms. The van der Waals surface area contributed by atoms with Gasteiger partial charge in [-0.15, -0.1) is 11.3 Å². The van der Waals surface area contributed by atoms with Gasteiger partial charge < -0.3 is 9.67 Å². The predicted octanol–water partition coefficient (Wildman–Crippen LogP) is 4.93. The lowest BCUT2D eigenvalue weighted by atomic mass is 9.94. The van der Waals surface area contributed by atoms with Crippen LogP contribution in [-0.2, 0) is 24.7 Å². The van der Waals surface area contributed by atoms with Crippen LogP contribution in [0.5, 0.6) is 0 Å². The second-order valence-electron chi connectivity index (χ2n) is 8.26. The van der Waals surface area contributed by atoms with Crippen molar-refractivity contribution in [2.24, 2.45) is 13.0 Å². The van der Waals surface area contributed by atoms with Crippen LogP contribution in [0.1, 0.15) is 72.1 Å². The number of carbonyl (C=O) groups excluding carboxylic acids is 1. The maximum atomic E-state index is 13.2. The molecule has 0 saturated carbocycles. The van der Waals surface area contributed by atoms with E-state index in [0.717, 1.165) is 44.2 Å². The van der Waals surface area contributed by atoms with Crippen LogP contribution in [0, 0.1) is 17.2 Å². The molecule has 0 aromatic carbocycles. The molecule has 0 radical (unpaired) electrons. The van der Waals surface area contributed by atoms with Gasteiger partial charge in [-0.1, -0.05) is 19.8 Å². The summed E-state index contributed by atoms with van der Waals surface area (Å²) in [5.41, 5.74) is 2.59. The summed E-state index contributed by atoms with van der Waals surface area (Å²) in [6.45, 7) is 1.78. The number of hydrogen-bond acceptors (Lipinski definition) is 6. The number of aromatic nitrogens is 3. The Balaban J connectivity index is 1.75. The first-order chi connectivity index (χ1) is 15.4. The van der Waals surface area contributed by atoms with E-state index in [1.165, 1.54) is 11.2 Å². The number of carboxylic acids is 1. The van der Waals surface area contributed by atoms with Gasteiger partial charge in [-0.2, -0.15) is 5.26 Å². The lowest BCUT2D eigenvalue weighted by molar-refractivity contribution is -0.137. The number of fused-ring (bicyclic) bond motifs is 1. The van der Waals surface area contributed by atoms with E-state index in [0.29, 0.717) is 22.2 Å². The number of Topliss-reactive ketones (excluding diaryl/α,β-unsaturated/α-hetero) is 1. The van der Waals surface area contributed by atoms with Gasteiger partial charge in [0.05, 0.1) is 10.6 Å². The smallest absolute Gasteiger partial charge is 0.303 e. The molecule has 0 saturated heterocycles. The number of carboxylic acid groups (broad SMARTS) is 1. The minimum atomic E-state index is -0.908. The molecular weight excluding hydrogens is 424 g/mol. The third-order valence-electron chi connectivity index (χ3n) is 5.65. The SMILES string of the molecule is C[C@H](CC(=O)O)CC(=O)c1c(CCCCCCc2nccs2)n(C)c2ncc(C#N)cc12. The van der Waals surface area contributed by atoms with Crippen LogP contribution < -0.4 is 0 Å². The topological polar surface area (TPSA) is 109 Å².